The smallest absolute Gasteiger partial charge is 0.236 e. The molecule has 0 atom stereocenters. The van der Waals surface area contributed by atoms with E-state index in [9.17, 15) is 9.18 Å². The molecule has 6 heteroatoms. The van der Waals surface area contributed by atoms with Crippen LogP contribution in [0.25, 0.3) is 0 Å². The molecule has 1 heterocycles. The van der Waals surface area contributed by atoms with E-state index < -0.39 is 0 Å². The fourth-order valence-corrected chi connectivity index (χ4v) is 2.73. The summed E-state index contributed by atoms with van der Waals surface area (Å²) < 4.78 is 13.8. The van der Waals surface area contributed by atoms with Crippen molar-refractivity contribution in [2.45, 2.75) is 6.42 Å². The molecule has 0 aromatic heterocycles. The number of piperazine rings is 1. The van der Waals surface area contributed by atoms with E-state index in [-0.39, 0.29) is 11.7 Å². The van der Waals surface area contributed by atoms with Crippen molar-refractivity contribution < 1.29 is 9.18 Å². The van der Waals surface area contributed by atoms with Gasteiger partial charge in [-0.2, -0.15) is 0 Å². The van der Waals surface area contributed by atoms with E-state index in [4.69, 9.17) is 0 Å². The molecule has 5 nitrogen and oxygen atoms in total. The summed E-state index contributed by atoms with van der Waals surface area (Å²) in [7, 11) is 4.08. The highest BCUT2D eigenvalue weighted by Crippen LogP contribution is 2.20. The van der Waals surface area contributed by atoms with Crippen molar-refractivity contribution in [1.82, 2.24) is 15.1 Å². The lowest BCUT2D eigenvalue weighted by atomic mass is 10.2. The summed E-state index contributed by atoms with van der Waals surface area (Å²) in [6, 6.07) is 6.80. The van der Waals surface area contributed by atoms with Gasteiger partial charge < -0.3 is 20.0 Å². The molecule has 0 spiro atoms. The highest BCUT2D eigenvalue weighted by Gasteiger charge is 2.22. The van der Waals surface area contributed by atoms with Gasteiger partial charge in [0.05, 0.1) is 12.2 Å². The summed E-state index contributed by atoms with van der Waals surface area (Å²) in [6.07, 6.45) is 1.03. The Bertz CT molecular complexity index is 501. The van der Waals surface area contributed by atoms with Gasteiger partial charge in [0.2, 0.25) is 5.91 Å². The summed E-state index contributed by atoms with van der Waals surface area (Å²) in [4.78, 5) is 18.2. The molecular formula is C17H27FN4O. The summed E-state index contributed by atoms with van der Waals surface area (Å²) in [5.41, 5.74) is 0.626. The zero-order valence-corrected chi connectivity index (χ0v) is 14.1. The Kier molecular flexibility index (Phi) is 6.80. The van der Waals surface area contributed by atoms with Gasteiger partial charge in [-0.15, -0.1) is 0 Å². The molecule has 1 fully saturated rings. The molecule has 1 aliphatic rings. The number of hydrogen-bond acceptors (Lipinski definition) is 4. The predicted octanol–water partition coefficient (Wildman–Crippen LogP) is 1.02. The highest BCUT2D eigenvalue weighted by molar-refractivity contribution is 5.78. The molecule has 0 unspecified atom stereocenters. The third-order valence-corrected chi connectivity index (χ3v) is 4.06. The van der Waals surface area contributed by atoms with E-state index in [1.165, 1.54) is 6.07 Å². The van der Waals surface area contributed by atoms with Crippen LogP contribution in [0.3, 0.4) is 0 Å². The van der Waals surface area contributed by atoms with Gasteiger partial charge in [-0.25, -0.2) is 4.39 Å². The number of hydrogen-bond donors (Lipinski definition) is 1. The van der Waals surface area contributed by atoms with Crippen LogP contribution in [0.5, 0.6) is 0 Å². The van der Waals surface area contributed by atoms with Crippen molar-refractivity contribution in [2.24, 2.45) is 0 Å². The van der Waals surface area contributed by atoms with Gasteiger partial charge in [0.1, 0.15) is 5.82 Å². The molecule has 1 aromatic rings. The molecule has 0 radical (unpaired) electrons. The number of para-hydroxylation sites is 1. The van der Waals surface area contributed by atoms with Crippen LogP contribution in [0, 0.1) is 5.82 Å². The summed E-state index contributed by atoms with van der Waals surface area (Å²) >= 11 is 0. The Morgan fingerprint density at radius 3 is 2.57 bits per heavy atom. The van der Waals surface area contributed by atoms with Crippen LogP contribution in [0.1, 0.15) is 6.42 Å². The number of carbonyl (C=O) groups excluding carboxylic acids is 1. The molecule has 2 rings (SSSR count). The van der Waals surface area contributed by atoms with Gasteiger partial charge in [-0.3, -0.25) is 4.79 Å². The second kappa shape index (κ2) is 8.84. The fraction of sp³-hybridized carbons (Fsp3) is 0.588. The Labute approximate surface area is 138 Å². The monoisotopic (exact) mass is 322 g/mol. The SMILES string of the molecule is CN(C)CCCNCC(=O)N1CCN(c2ccccc2F)CC1. The Morgan fingerprint density at radius 1 is 1.22 bits per heavy atom. The zero-order valence-electron chi connectivity index (χ0n) is 14.1. The van der Waals surface area contributed by atoms with E-state index in [0.717, 1.165) is 19.5 Å². The molecule has 128 valence electrons. The molecule has 0 bridgehead atoms. The summed E-state index contributed by atoms with van der Waals surface area (Å²) in [6.45, 7) is 4.88. The number of anilines is 1. The van der Waals surface area contributed by atoms with Crippen molar-refractivity contribution in [3.63, 3.8) is 0 Å². The molecular weight excluding hydrogens is 295 g/mol. The predicted molar refractivity (Wildman–Crippen MR) is 91.2 cm³/mol. The maximum atomic E-state index is 13.8. The molecule has 1 saturated heterocycles. The van der Waals surface area contributed by atoms with Crippen LogP contribution in [0.2, 0.25) is 0 Å². The third-order valence-electron chi connectivity index (χ3n) is 4.06. The normalized spacial score (nSPS) is 15.3. The van der Waals surface area contributed by atoms with E-state index in [0.29, 0.717) is 38.4 Å². The van der Waals surface area contributed by atoms with Crippen molar-refractivity contribution >= 4 is 11.6 Å². The van der Waals surface area contributed by atoms with Crippen molar-refractivity contribution in [2.75, 3.05) is 64.8 Å². The first-order valence-corrected chi connectivity index (χ1v) is 8.20. The Hall–Kier alpha value is -1.66. The topological polar surface area (TPSA) is 38.8 Å². The van der Waals surface area contributed by atoms with Crippen LogP contribution in [0.15, 0.2) is 24.3 Å². The van der Waals surface area contributed by atoms with E-state index in [1.807, 2.05) is 30.0 Å². The lowest BCUT2D eigenvalue weighted by molar-refractivity contribution is -0.130. The largest absolute Gasteiger partial charge is 0.366 e. The van der Waals surface area contributed by atoms with Crippen LogP contribution >= 0.6 is 0 Å². The van der Waals surface area contributed by atoms with Crippen LogP contribution in [-0.4, -0.2) is 75.6 Å². The van der Waals surface area contributed by atoms with Crippen LogP contribution in [-0.2, 0) is 4.79 Å². The van der Waals surface area contributed by atoms with Crippen LogP contribution in [0.4, 0.5) is 10.1 Å². The molecule has 1 aliphatic heterocycles. The number of carbonyl (C=O) groups is 1. The minimum absolute atomic E-state index is 0.128. The highest BCUT2D eigenvalue weighted by atomic mass is 19.1. The number of rotatable bonds is 7. The van der Waals surface area contributed by atoms with Crippen LogP contribution < -0.4 is 10.2 Å². The van der Waals surface area contributed by atoms with E-state index >= 15 is 0 Å². The summed E-state index contributed by atoms with van der Waals surface area (Å²) in [5, 5.41) is 3.20. The van der Waals surface area contributed by atoms with E-state index in [2.05, 4.69) is 10.2 Å². The molecule has 23 heavy (non-hydrogen) atoms. The third kappa shape index (κ3) is 5.48. The minimum atomic E-state index is -0.199. The number of nitrogens with one attached hydrogen (secondary N) is 1. The first-order chi connectivity index (χ1) is 11.1. The Morgan fingerprint density at radius 2 is 1.91 bits per heavy atom. The van der Waals surface area contributed by atoms with Gasteiger partial charge in [-0.05, 0) is 45.7 Å². The maximum Gasteiger partial charge on any atom is 0.236 e. The van der Waals surface area contributed by atoms with Gasteiger partial charge >= 0.3 is 0 Å². The first-order valence-electron chi connectivity index (χ1n) is 8.20. The van der Waals surface area contributed by atoms with Crippen molar-refractivity contribution in [1.29, 1.82) is 0 Å². The first kappa shape index (κ1) is 17.7. The maximum absolute atomic E-state index is 13.8. The van der Waals surface area contributed by atoms with Crippen molar-refractivity contribution in [3.05, 3.63) is 30.1 Å². The average Bonchev–Trinajstić information content (AvgIpc) is 2.55. The number of amides is 1. The number of halogens is 1. The fourth-order valence-electron chi connectivity index (χ4n) is 2.73. The number of benzene rings is 1. The van der Waals surface area contributed by atoms with Gasteiger partial charge in [0.15, 0.2) is 0 Å². The second-order valence-corrected chi connectivity index (χ2v) is 6.15. The molecule has 1 N–H and O–H groups in total. The standard InChI is InChI=1S/C17H27FN4O/c1-20(2)9-5-8-19-14-17(23)22-12-10-21(11-13-22)16-7-4-3-6-15(16)18/h3-4,6-7,19H,5,8-14H2,1-2H3. The van der Waals surface area contributed by atoms with Gasteiger partial charge in [0.25, 0.3) is 0 Å². The molecule has 0 saturated carbocycles. The molecule has 1 amide bonds. The average molecular weight is 322 g/mol. The molecule has 0 aliphatic carbocycles. The zero-order chi connectivity index (χ0) is 16.7. The Balaban J connectivity index is 1.70. The van der Waals surface area contributed by atoms with E-state index in [1.54, 1.807) is 12.1 Å². The quantitative estimate of drug-likeness (QED) is 0.761. The van der Waals surface area contributed by atoms with Gasteiger partial charge in [-0.1, -0.05) is 12.1 Å². The minimum Gasteiger partial charge on any atom is -0.366 e. The lowest BCUT2D eigenvalue weighted by Gasteiger charge is -2.36. The van der Waals surface area contributed by atoms with Gasteiger partial charge in [0, 0.05) is 26.2 Å². The number of nitrogens with zero attached hydrogens (tertiary/aromatic N) is 3. The summed E-state index contributed by atoms with van der Waals surface area (Å²) in [5.74, 6) is -0.0714. The van der Waals surface area contributed by atoms with Crippen molar-refractivity contribution in [3.8, 4) is 0 Å². The second-order valence-electron chi connectivity index (χ2n) is 6.15. The lowest BCUT2D eigenvalue weighted by Crippen LogP contribution is -2.51. The molecule has 1 aromatic carbocycles.